The Morgan fingerprint density at radius 2 is 1.96 bits per heavy atom. The summed E-state index contributed by atoms with van der Waals surface area (Å²) in [4.78, 5) is 45.2. The van der Waals surface area contributed by atoms with Crippen molar-refractivity contribution in [3.8, 4) is 0 Å². The Kier molecular flexibility index (Phi) is 7.31. The number of carbonyl (C=O) groups excluding carboxylic acids is 2. The highest BCUT2D eigenvalue weighted by atomic mass is 35.5. The number of carbonyl (C=O) groups is 3. The zero-order valence-corrected chi connectivity index (χ0v) is 14.4. The summed E-state index contributed by atoms with van der Waals surface area (Å²) >= 11 is 5.82. The minimum atomic E-state index is -1.19. The van der Waals surface area contributed by atoms with Crippen molar-refractivity contribution in [1.82, 2.24) is 10.6 Å². The molecule has 2 amide bonds. The van der Waals surface area contributed by atoms with Crippen molar-refractivity contribution in [3.63, 3.8) is 0 Å². The van der Waals surface area contributed by atoms with E-state index in [0.29, 0.717) is 0 Å². The maximum atomic E-state index is 12.1. The average Bonchev–Trinajstić information content (AvgIpc) is 2.51. The highest BCUT2D eigenvalue weighted by Gasteiger charge is 2.25. The molecule has 1 aromatic rings. The lowest BCUT2D eigenvalue weighted by molar-refractivity contribution is -0.385. The van der Waals surface area contributed by atoms with E-state index in [9.17, 15) is 24.5 Å². The molecule has 0 aromatic heterocycles. The number of nitrogens with zero attached hydrogens (tertiary/aromatic N) is 1. The van der Waals surface area contributed by atoms with Gasteiger partial charge in [0.15, 0.2) is 0 Å². The van der Waals surface area contributed by atoms with Crippen molar-refractivity contribution in [2.45, 2.75) is 26.3 Å². The smallest absolute Gasteiger partial charge is 0.326 e. The molecule has 0 unspecified atom stereocenters. The first-order chi connectivity index (χ1) is 11.6. The van der Waals surface area contributed by atoms with Gasteiger partial charge in [-0.1, -0.05) is 31.5 Å². The summed E-state index contributed by atoms with van der Waals surface area (Å²) in [7, 11) is 0. The first-order valence-corrected chi connectivity index (χ1v) is 7.74. The normalized spacial score (nSPS) is 11.7. The first-order valence-electron chi connectivity index (χ1n) is 7.36. The number of benzene rings is 1. The standard InChI is InChI=1S/C15H18ClN3O6/c1-8(2)6-10(15(22)23)18-12(20)7-17-14(21)13-9(16)4-3-5-11(13)19(24)25/h3-5,8,10H,6-7H2,1-2H3,(H,17,21)(H,18,20)(H,22,23)/t10-/m1/s1. The van der Waals surface area contributed by atoms with Crippen LogP contribution in [0.15, 0.2) is 18.2 Å². The van der Waals surface area contributed by atoms with Gasteiger partial charge in [-0.05, 0) is 18.4 Å². The summed E-state index contributed by atoms with van der Waals surface area (Å²) in [6.45, 7) is 3.07. The molecule has 1 rings (SSSR count). The third-order valence-corrected chi connectivity index (χ3v) is 3.48. The van der Waals surface area contributed by atoms with Crippen LogP contribution in [0.5, 0.6) is 0 Å². The molecular formula is C15H18ClN3O6. The number of nitrogens with one attached hydrogen (secondary N) is 2. The van der Waals surface area contributed by atoms with E-state index < -0.39 is 41.0 Å². The van der Waals surface area contributed by atoms with E-state index >= 15 is 0 Å². The van der Waals surface area contributed by atoms with Gasteiger partial charge in [0.05, 0.1) is 16.5 Å². The Bertz CT molecular complexity index is 692. The molecule has 25 heavy (non-hydrogen) atoms. The van der Waals surface area contributed by atoms with E-state index in [1.165, 1.54) is 12.1 Å². The van der Waals surface area contributed by atoms with Gasteiger partial charge in [-0.15, -0.1) is 0 Å². The van der Waals surface area contributed by atoms with Gasteiger partial charge in [0.25, 0.3) is 11.6 Å². The topological polar surface area (TPSA) is 139 Å². The quantitative estimate of drug-likeness (QED) is 0.468. The summed E-state index contributed by atoms with van der Waals surface area (Å²) in [5, 5.41) is 24.4. The van der Waals surface area contributed by atoms with Crippen LogP contribution >= 0.6 is 11.6 Å². The molecule has 0 spiro atoms. The lowest BCUT2D eigenvalue weighted by Crippen LogP contribution is -2.46. The van der Waals surface area contributed by atoms with Crippen molar-refractivity contribution in [2.75, 3.05) is 6.54 Å². The number of carboxylic acid groups (broad SMARTS) is 1. The van der Waals surface area contributed by atoms with Crippen molar-refractivity contribution in [2.24, 2.45) is 5.92 Å². The maximum absolute atomic E-state index is 12.1. The van der Waals surface area contributed by atoms with Gasteiger partial charge >= 0.3 is 5.97 Å². The number of halogens is 1. The molecule has 0 aliphatic rings. The number of hydrogen-bond acceptors (Lipinski definition) is 5. The summed E-state index contributed by atoms with van der Waals surface area (Å²) in [5.41, 5.74) is -0.854. The van der Waals surface area contributed by atoms with Crippen LogP contribution < -0.4 is 10.6 Å². The summed E-state index contributed by atoms with van der Waals surface area (Å²) in [6, 6.07) is 2.67. The van der Waals surface area contributed by atoms with Crippen LogP contribution in [-0.4, -0.2) is 40.4 Å². The number of nitro benzene ring substituents is 1. The largest absolute Gasteiger partial charge is 0.480 e. The number of carboxylic acids is 1. The molecule has 0 heterocycles. The summed E-state index contributed by atoms with van der Waals surface area (Å²) in [6.07, 6.45) is 0.227. The van der Waals surface area contributed by atoms with Gasteiger partial charge in [0.1, 0.15) is 11.6 Å². The van der Waals surface area contributed by atoms with Crippen LogP contribution in [0.3, 0.4) is 0 Å². The predicted octanol–water partition coefficient (Wildman–Crippen LogP) is 1.59. The highest BCUT2D eigenvalue weighted by molar-refractivity contribution is 6.34. The van der Waals surface area contributed by atoms with Gasteiger partial charge in [0.2, 0.25) is 5.91 Å². The van der Waals surface area contributed by atoms with Crippen LogP contribution in [-0.2, 0) is 9.59 Å². The van der Waals surface area contributed by atoms with Crippen molar-refractivity contribution in [1.29, 1.82) is 0 Å². The lowest BCUT2D eigenvalue weighted by Gasteiger charge is -2.16. The summed E-state index contributed by atoms with van der Waals surface area (Å²) < 4.78 is 0. The molecule has 0 fully saturated rings. The fourth-order valence-corrected chi connectivity index (χ4v) is 2.33. The van der Waals surface area contributed by atoms with E-state index in [0.717, 1.165) is 6.07 Å². The molecule has 1 aromatic carbocycles. The van der Waals surface area contributed by atoms with Gasteiger partial charge in [-0.2, -0.15) is 0 Å². The zero-order valence-electron chi connectivity index (χ0n) is 13.6. The fraction of sp³-hybridized carbons (Fsp3) is 0.400. The van der Waals surface area contributed by atoms with E-state index in [1.807, 2.05) is 0 Å². The minimum Gasteiger partial charge on any atom is -0.480 e. The second kappa shape index (κ2) is 8.97. The predicted molar refractivity (Wildman–Crippen MR) is 89.5 cm³/mol. The first kappa shape index (κ1) is 20.4. The summed E-state index contributed by atoms with van der Waals surface area (Å²) in [5.74, 6) is -2.77. The van der Waals surface area contributed by atoms with E-state index in [4.69, 9.17) is 16.7 Å². The molecule has 1 atom stereocenters. The third-order valence-electron chi connectivity index (χ3n) is 3.17. The second-order valence-corrected chi connectivity index (χ2v) is 6.07. The molecule has 0 aliphatic heterocycles. The zero-order chi connectivity index (χ0) is 19.1. The number of amides is 2. The molecule has 0 radical (unpaired) electrons. The number of nitro groups is 1. The second-order valence-electron chi connectivity index (χ2n) is 5.66. The fourth-order valence-electron chi connectivity index (χ4n) is 2.08. The van der Waals surface area contributed by atoms with Crippen molar-refractivity contribution in [3.05, 3.63) is 38.9 Å². The Morgan fingerprint density at radius 3 is 2.48 bits per heavy atom. The number of hydrogen-bond donors (Lipinski definition) is 3. The molecule has 0 saturated carbocycles. The molecule has 10 heteroatoms. The molecule has 0 bridgehead atoms. The number of rotatable bonds is 8. The van der Waals surface area contributed by atoms with Crippen LogP contribution in [0.1, 0.15) is 30.6 Å². The van der Waals surface area contributed by atoms with Crippen LogP contribution in [0, 0.1) is 16.0 Å². The maximum Gasteiger partial charge on any atom is 0.326 e. The Hall–Kier alpha value is -2.68. The molecular weight excluding hydrogens is 354 g/mol. The SMILES string of the molecule is CC(C)C[C@@H](NC(=O)CNC(=O)c1c(Cl)cccc1[N+](=O)[O-])C(=O)O. The monoisotopic (exact) mass is 371 g/mol. The van der Waals surface area contributed by atoms with Crippen molar-refractivity contribution >= 4 is 35.1 Å². The molecule has 9 nitrogen and oxygen atoms in total. The van der Waals surface area contributed by atoms with Crippen LogP contribution in [0.4, 0.5) is 5.69 Å². The van der Waals surface area contributed by atoms with E-state index in [-0.39, 0.29) is 22.9 Å². The van der Waals surface area contributed by atoms with Gasteiger partial charge in [-0.25, -0.2) is 4.79 Å². The Balaban J connectivity index is 2.75. The Morgan fingerprint density at radius 1 is 1.32 bits per heavy atom. The van der Waals surface area contributed by atoms with Crippen LogP contribution in [0.2, 0.25) is 5.02 Å². The molecule has 136 valence electrons. The highest BCUT2D eigenvalue weighted by Crippen LogP contribution is 2.25. The lowest BCUT2D eigenvalue weighted by atomic mass is 10.0. The van der Waals surface area contributed by atoms with Crippen molar-refractivity contribution < 1.29 is 24.4 Å². The Labute approximate surface area is 148 Å². The van der Waals surface area contributed by atoms with Gasteiger partial charge < -0.3 is 15.7 Å². The third kappa shape index (κ3) is 6.03. The van der Waals surface area contributed by atoms with Gasteiger partial charge in [-0.3, -0.25) is 19.7 Å². The molecule has 3 N–H and O–H groups in total. The molecule has 0 saturated heterocycles. The minimum absolute atomic E-state index is 0.0433. The van der Waals surface area contributed by atoms with E-state index in [1.54, 1.807) is 13.8 Å². The molecule has 0 aliphatic carbocycles. The van der Waals surface area contributed by atoms with Crippen LogP contribution in [0.25, 0.3) is 0 Å². The van der Waals surface area contributed by atoms with E-state index in [2.05, 4.69) is 10.6 Å². The average molecular weight is 372 g/mol. The number of aliphatic carboxylic acids is 1. The van der Waals surface area contributed by atoms with Gasteiger partial charge in [0, 0.05) is 6.07 Å².